The lowest BCUT2D eigenvalue weighted by molar-refractivity contribution is -0.133. The number of hydrogen-bond donors (Lipinski definition) is 1. The van der Waals surface area contributed by atoms with Gasteiger partial charge in [-0.3, -0.25) is 0 Å². The van der Waals surface area contributed by atoms with Crippen molar-refractivity contribution in [2.45, 2.75) is 6.17 Å². The second-order valence-electron chi connectivity index (χ2n) is 2.61. The van der Waals surface area contributed by atoms with Crippen molar-refractivity contribution < 1.29 is 14.3 Å². The third kappa shape index (κ3) is 1.09. The van der Waals surface area contributed by atoms with Crippen LogP contribution in [0.15, 0.2) is 33.4 Å². The molecule has 0 aromatic heterocycles. The van der Waals surface area contributed by atoms with Crippen LogP contribution >= 0.6 is 0 Å². The fourth-order valence-corrected chi connectivity index (χ4v) is 1.17. The molecule has 0 aliphatic carbocycles. The number of halogens is 1. The van der Waals surface area contributed by atoms with Gasteiger partial charge in [0.15, 0.2) is 12.0 Å². The summed E-state index contributed by atoms with van der Waals surface area (Å²) in [5.74, 6) is -1.03. The molecule has 0 radical (unpaired) electrons. The average molecular weight is 180 g/mol. The molecule has 0 spiro atoms. The number of aliphatic carboxylic acids is 1. The number of nitrogens with zero attached hydrogens (tertiary/aromatic N) is 2. The van der Waals surface area contributed by atoms with Gasteiger partial charge in [-0.25, -0.2) is 19.2 Å². The van der Waals surface area contributed by atoms with Gasteiger partial charge in [0.05, 0.1) is 5.57 Å². The summed E-state index contributed by atoms with van der Waals surface area (Å²) in [6.45, 7) is 0. The third-order valence-electron chi connectivity index (χ3n) is 1.83. The molecule has 1 N–H and O–H groups in total. The Kier molecular flexibility index (Phi) is 1.58. The molecule has 2 aliphatic rings. The molecule has 0 saturated carbocycles. The highest BCUT2D eigenvalue weighted by Gasteiger charge is 2.31. The molecule has 13 heavy (non-hydrogen) atoms. The summed E-state index contributed by atoms with van der Waals surface area (Å²) in [6, 6.07) is 0. The van der Waals surface area contributed by atoms with Crippen molar-refractivity contribution >= 4 is 18.0 Å². The molecule has 0 bridgehead atoms. The highest BCUT2D eigenvalue weighted by Crippen LogP contribution is 2.24. The molecule has 0 aromatic carbocycles. The predicted molar refractivity (Wildman–Crippen MR) is 44.6 cm³/mol. The smallest absolute Gasteiger partial charge is 0.336 e. The molecule has 5 heteroatoms. The Morgan fingerprint density at radius 1 is 1.62 bits per heavy atom. The summed E-state index contributed by atoms with van der Waals surface area (Å²) < 4.78 is 13.4. The molecule has 0 amide bonds. The van der Waals surface area contributed by atoms with Gasteiger partial charge in [-0.2, -0.15) is 0 Å². The second kappa shape index (κ2) is 2.62. The van der Waals surface area contributed by atoms with E-state index in [9.17, 15) is 9.18 Å². The van der Waals surface area contributed by atoms with Crippen LogP contribution in [-0.4, -0.2) is 29.3 Å². The number of hydrogen-bond acceptors (Lipinski definition) is 3. The van der Waals surface area contributed by atoms with Crippen molar-refractivity contribution in [1.29, 1.82) is 0 Å². The maximum atomic E-state index is 13.4. The summed E-state index contributed by atoms with van der Waals surface area (Å²) in [4.78, 5) is 18.0. The lowest BCUT2D eigenvalue weighted by Crippen LogP contribution is -2.21. The minimum Gasteiger partial charge on any atom is -0.478 e. The molecule has 1 atom stereocenters. The number of alkyl halides is 1. The van der Waals surface area contributed by atoms with Crippen molar-refractivity contribution in [2.75, 3.05) is 0 Å². The molecule has 0 unspecified atom stereocenters. The van der Waals surface area contributed by atoms with E-state index in [2.05, 4.69) is 9.98 Å². The standard InChI is InChI=1S/C8H5FN2O2/c9-6-4-1-2-10-7(4)11-3-5(6)8(12)13/h1-3,6H,(H,12,13)/t6-/m1/s1. The summed E-state index contributed by atoms with van der Waals surface area (Å²) in [5.41, 5.74) is -0.125. The number of rotatable bonds is 1. The third-order valence-corrected chi connectivity index (χ3v) is 1.83. The molecule has 66 valence electrons. The predicted octanol–water partition coefficient (Wildman–Crippen LogP) is 0.716. The van der Waals surface area contributed by atoms with Gasteiger partial charge in [-0.15, -0.1) is 0 Å². The number of allylic oxidation sites excluding steroid dienone is 1. The maximum Gasteiger partial charge on any atom is 0.336 e. The first-order valence-electron chi connectivity index (χ1n) is 3.60. The first kappa shape index (κ1) is 7.85. The topological polar surface area (TPSA) is 62.0 Å². The summed E-state index contributed by atoms with van der Waals surface area (Å²) in [5, 5.41) is 8.58. The van der Waals surface area contributed by atoms with Gasteiger partial charge >= 0.3 is 5.97 Å². The number of carbonyl (C=O) groups is 1. The van der Waals surface area contributed by atoms with Gasteiger partial charge in [-0.1, -0.05) is 0 Å². The Labute approximate surface area is 72.8 Å². The van der Waals surface area contributed by atoms with Crippen LogP contribution in [0.25, 0.3) is 0 Å². The van der Waals surface area contributed by atoms with Crippen molar-refractivity contribution in [3.05, 3.63) is 23.4 Å². The zero-order chi connectivity index (χ0) is 9.42. The number of carboxylic acids is 1. The fourth-order valence-electron chi connectivity index (χ4n) is 1.17. The van der Waals surface area contributed by atoms with E-state index in [-0.39, 0.29) is 17.0 Å². The molecule has 0 saturated heterocycles. The van der Waals surface area contributed by atoms with Crippen molar-refractivity contribution in [2.24, 2.45) is 9.98 Å². The van der Waals surface area contributed by atoms with Gasteiger partial charge in [0.25, 0.3) is 0 Å². The number of amidine groups is 1. The molecular formula is C8H5FN2O2. The summed E-state index contributed by atoms with van der Waals surface area (Å²) >= 11 is 0. The van der Waals surface area contributed by atoms with Gasteiger partial charge in [0.1, 0.15) is 0 Å². The van der Waals surface area contributed by atoms with Gasteiger partial charge in [-0.05, 0) is 6.08 Å². The Balaban J connectivity index is 2.43. The molecular weight excluding hydrogens is 175 g/mol. The second-order valence-corrected chi connectivity index (χ2v) is 2.61. The van der Waals surface area contributed by atoms with Crippen LogP contribution in [0.3, 0.4) is 0 Å². The zero-order valence-corrected chi connectivity index (χ0v) is 6.44. The Bertz CT molecular complexity index is 393. The highest BCUT2D eigenvalue weighted by atomic mass is 19.1. The number of carboxylic acid groups (broad SMARTS) is 1. The highest BCUT2D eigenvalue weighted by molar-refractivity contribution is 6.14. The first-order valence-corrected chi connectivity index (χ1v) is 3.60. The zero-order valence-electron chi connectivity index (χ0n) is 6.44. The van der Waals surface area contributed by atoms with Crippen molar-refractivity contribution in [1.82, 2.24) is 0 Å². The van der Waals surface area contributed by atoms with Gasteiger partial charge in [0, 0.05) is 18.0 Å². The van der Waals surface area contributed by atoms with Crippen molar-refractivity contribution in [3.63, 3.8) is 0 Å². The average Bonchev–Trinajstić information content (AvgIpc) is 2.52. The van der Waals surface area contributed by atoms with E-state index in [4.69, 9.17) is 5.11 Å². The first-order chi connectivity index (χ1) is 6.20. The van der Waals surface area contributed by atoms with Crippen LogP contribution in [0.1, 0.15) is 0 Å². The van der Waals surface area contributed by atoms with E-state index in [1.807, 2.05) is 0 Å². The fraction of sp³-hybridized carbons (Fsp3) is 0.125. The molecule has 2 heterocycles. The lowest BCUT2D eigenvalue weighted by Gasteiger charge is -2.13. The van der Waals surface area contributed by atoms with Crippen LogP contribution < -0.4 is 0 Å². The molecule has 0 aromatic rings. The van der Waals surface area contributed by atoms with Crippen LogP contribution in [0.5, 0.6) is 0 Å². The van der Waals surface area contributed by atoms with Crippen LogP contribution in [0, 0.1) is 0 Å². The van der Waals surface area contributed by atoms with Crippen LogP contribution in [0.2, 0.25) is 0 Å². The summed E-state index contributed by atoms with van der Waals surface area (Å²) in [6.07, 6.45) is 2.22. The van der Waals surface area contributed by atoms with E-state index < -0.39 is 12.1 Å². The normalized spacial score (nSPS) is 24.7. The Morgan fingerprint density at radius 3 is 3.08 bits per heavy atom. The van der Waals surface area contributed by atoms with Crippen molar-refractivity contribution in [3.8, 4) is 0 Å². The van der Waals surface area contributed by atoms with E-state index in [0.717, 1.165) is 6.20 Å². The maximum absolute atomic E-state index is 13.4. The molecule has 2 rings (SSSR count). The number of fused-ring (bicyclic) bond motifs is 1. The minimum atomic E-state index is -1.62. The minimum absolute atomic E-state index is 0.222. The summed E-state index contributed by atoms with van der Waals surface area (Å²) in [7, 11) is 0. The largest absolute Gasteiger partial charge is 0.478 e. The van der Waals surface area contributed by atoms with Crippen LogP contribution in [-0.2, 0) is 4.79 Å². The van der Waals surface area contributed by atoms with E-state index >= 15 is 0 Å². The molecule has 0 fully saturated rings. The number of aliphatic imine (C=N–C) groups is 2. The Morgan fingerprint density at radius 2 is 2.38 bits per heavy atom. The van der Waals surface area contributed by atoms with Crippen LogP contribution in [0.4, 0.5) is 4.39 Å². The van der Waals surface area contributed by atoms with E-state index in [1.54, 1.807) is 0 Å². The monoisotopic (exact) mass is 180 g/mol. The van der Waals surface area contributed by atoms with E-state index in [0.29, 0.717) is 0 Å². The van der Waals surface area contributed by atoms with Gasteiger partial charge in [0.2, 0.25) is 0 Å². The van der Waals surface area contributed by atoms with Gasteiger partial charge < -0.3 is 5.11 Å². The lowest BCUT2D eigenvalue weighted by atomic mass is 10.0. The SMILES string of the molecule is O=C(O)C1=CN=C2N=CC=C2[C@H]1F. The quantitative estimate of drug-likeness (QED) is 0.646. The molecule has 4 nitrogen and oxygen atoms in total. The van der Waals surface area contributed by atoms with E-state index in [1.165, 1.54) is 12.3 Å². The molecule has 2 aliphatic heterocycles. The Hall–Kier alpha value is -1.78.